The quantitative estimate of drug-likeness (QED) is 0.317. The highest BCUT2D eigenvalue weighted by Crippen LogP contribution is 2.22. The number of nitrogens with zero attached hydrogens (tertiary/aromatic N) is 3. The van der Waals surface area contributed by atoms with Gasteiger partial charge >= 0.3 is 23.0 Å². The maximum Gasteiger partial charge on any atom is 0.336 e. The Labute approximate surface area is 154 Å². The molecule has 0 saturated carbocycles. The van der Waals surface area contributed by atoms with Crippen LogP contribution in [-0.2, 0) is 38.6 Å². The van der Waals surface area contributed by atoms with Crippen LogP contribution in [0.25, 0.3) is 0 Å². The largest absolute Gasteiger partial charge is 0.460 e. The molecule has 0 radical (unpaired) electrons. The monoisotopic (exact) mass is 381 g/mol. The maximum atomic E-state index is 12.7. The topological polar surface area (TPSA) is 117 Å². The van der Waals surface area contributed by atoms with Gasteiger partial charge in [0.1, 0.15) is 18.8 Å². The Morgan fingerprint density at radius 2 is 1.37 bits per heavy atom. The third kappa shape index (κ3) is 4.11. The number of ether oxygens (including phenoxy) is 3. The Balaban J connectivity index is 1.91. The van der Waals surface area contributed by atoms with E-state index in [0.29, 0.717) is 0 Å². The number of carbonyl (C=O) groups is 1. The van der Waals surface area contributed by atoms with E-state index < -0.39 is 23.0 Å². The molecule has 4 unspecified atom stereocenters. The molecule has 27 heavy (non-hydrogen) atoms. The molecule has 0 aliphatic carbocycles. The molecule has 1 aromatic heterocycles. The normalized spacial score (nSPS) is 25.9. The van der Waals surface area contributed by atoms with Gasteiger partial charge in [-0.25, -0.2) is 32.9 Å². The van der Waals surface area contributed by atoms with E-state index in [-0.39, 0.29) is 56.2 Å². The van der Waals surface area contributed by atoms with Gasteiger partial charge in [-0.05, 0) is 20.8 Å². The van der Waals surface area contributed by atoms with E-state index in [2.05, 4.69) is 6.58 Å². The molecule has 3 rings (SSSR count). The van der Waals surface area contributed by atoms with Crippen molar-refractivity contribution >= 4 is 5.97 Å². The van der Waals surface area contributed by atoms with Gasteiger partial charge < -0.3 is 14.2 Å². The number of hydrogen-bond acceptors (Lipinski definition) is 7. The van der Waals surface area contributed by atoms with E-state index in [9.17, 15) is 19.2 Å². The minimum Gasteiger partial charge on any atom is -0.460 e. The van der Waals surface area contributed by atoms with Crippen molar-refractivity contribution in [1.29, 1.82) is 0 Å². The molecule has 0 N–H and O–H groups in total. The van der Waals surface area contributed by atoms with Crippen molar-refractivity contribution in [2.24, 2.45) is 0 Å². The Bertz CT molecular complexity index is 885. The Morgan fingerprint density at radius 3 is 1.74 bits per heavy atom. The molecule has 2 saturated heterocycles. The van der Waals surface area contributed by atoms with Crippen molar-refractivity contribution in [3.8, 4) is 0 Å². The standard InChI is InChI=1S/C17H23N3O7/c1-9(2)14(21)25-6-5-18-15(22)19(7-12-10(3)26-12)17(24)20(16(18)23)8-13-11(4)27-13/h10-13H,1,5-8H2,2-4H3. The van der Waals surface area contributed by atoms with Crippen LogP contribution in [-0.4, -0.2) is 50.7 Å². The number of aromatic nitrogens is 3. The van der Waals surface area contributed by atoms with Crippen LogP contribution < -0.4 is 17.1 Å². The van der Waals surface area contributed by atoms with Gasteiger partial charge in [-0.1, -0.05) is 6.58 Å². The molecule has 10 heteroatoms. The van der Waals surface area contributed by atoms with Crippen LogP contribution >= 0.6 is 0 Å². The van der Waals surface area contributed by atoms with Gasteiger partial charge in [-0.15, -0.1) is 0 Å². The van der Waals surface area contributed by atoms with E-state index in [0.717, 1.165) is 13.7 Å². The van der Waals surface area contributed by atoms with Gasteiger partial charge in [0.05, 0.1) is 31.8 Å². The predicted molar refractivity (Wildman–Crippen MR) is 93.7 cm³/mol. The summed E-state index contributed by atoms with van der Waals surface area (Å²) in [6, 6.07) is 0. The van der Waals surface area contributed by atoms with Gasteiger partial charge in [-0.2, -0.15) is 0 Å². The lowest BCUT2D eigenvalue weighted by Crippen LogP contribution is -2.55. The zero-order valence-corrected chi connectivity index (χ0v) is 15.5. The molecule has 0 bridgehead atoms. The summed E-state index contributed by atoms with van der Waals surface area (Å²) in [5.74, 6) is -0.614. The van der Waals surface area contributed by atoms with Crippen LogP contribution in [0.1, 0.15) is 20.8 Å². The van der Waals surface area contributed by atoms with Crippen LogP contribution in [0.3, 0.4) is 0 Å². The highest BCUT2D eigenvalue weighted by Gasteiger charge is 2.38. The first-order valence-corrected chi connectivity index (χ1v) is 8.78. The fraction of sp³-hybridized carbons (Fsp3) is 0.647. The molecule has 2 aliphatic rings. The molecular weight excluding hydrogens is 358 g/mol. The third-order valence-corrected chi connectivity index (χ3v) is 4.68. The second kappa shape index (κ2) is 7.28. The first kappa shape index (κ1) is 19.3. The molecule has 0 spiro atoms. The summed E-state index contributed by atoms with van der Waals surface area (Å²) in [5, 5.41) is 0. The van der Waals surface area contributed by atoms with Crippen LogP contribution in [0, 0.1) is 0 Å². The van der Waals surface area contributed by atoms with E-state index in [1.807, 2.05) is 13.8 Å². The molecule has 2 fully saturated rings. The first-order valence-electron chi connectivity index (χ1n) is 8.78. The van der Waals surface area contributed by atoms with Gasteiger partial charge in [0.2, 0.25) is 0 Å². The van der Waals surface area contributed by atoms with Crippen LogP contribution in [0.4, 0.5) is 0 Å². The lowest BCUT2D eigenvalue weighted by atomic mass is 10.3. The Kier molecular flexibility index (Phi) is 5.20. The molecule has 10 nitrogen and oxygen atoms in total. The zero-order valence-electron chi connectivity index (χ0n) is 15.5. The number of rotatable bonds is 8. The minimum atomic E-state index is -0.750. The number of epoxide rings is 2. The molecule has 0 aromatic carbocycles. The molecular formula is C17H23N3O7. The van der Waals surface area contributed by atoms with E-state index >= 15 is 0 Å². The second-order valence-electron chi connectivity index (χ2n) is 6.90. The van der Waals surface area contributed by atoms with Crippen molar-refractivity contribution in [2.75, 3.05) is 6.61 Å². The van der Waals surface area contributed by atoms with Crippen LogP contribution in [0.5, 0.6) is 0 Å². The summed E-state index contributed by atoms with van der Waals surface area (Å²) < 4.78 is 18.4. The number of carbonyl (C=O) groups excluding carboxylic acids is 1. The lowest BCUT2D eigenvalue weighted by molar-refractivity contribution is -0.139. The molecule has 0 amide bonds. The summed E-state index contributed by atoms with van der Waals surface area (Å²) in [7, 11) is 0. The van der Waals surface area contributed by atoms with E-state index in [1.165, 1.54) is 6.92 Å². The smallest absolute Gasteiger partial charge is 0.336 e. The third-order valence-electron chi connectivity index (χ3n) is 4.68. The molecule has 2 aliphatic heterocycles. The fourth-order valence-electron chi connectivity index (χ4n) is 2.74. The summed E-state index contributed by atoms with van der Waals surface area (Å²) in [6.45, 7) is 8.40. The van der Waals surface area contributed by atoms with Gasteiger partial charge in [0.15, 0.2) is 0 Å². The van der Waals surface area contributed by atoms with Crippen LogP contribution in [0.2, 0.25) is 0 Å². The maximum absolute atomic E-state index is 12.7. The molecule has 3 heterocycles. The number of esters is 1. The van der Waals surface area contributed by atoms with Crippen molar-refractivity contribution < 1.29 is 19.0 Å². The predicted octanol–water partition coefficient (Wildman–Crippen LogP) is -1.13. The van der Waals surface area contributed by atoms with E-state index in [4.69, 9.17) is 14.2 Å². The average Bonchev–Trinajstić information content (AvgIpc) is 3.50. The average molecular weight is 381 g/mol. The van der Waals surface area contributed by atoms with Crippen molar-refractivity contribution in [3.63, 3.8) is 0 Å². The lowest BCUT2D eigenvalue weighted by Gasteiger charge is -2.13. The number of hydrogen-bond donors (Lipinski definition) is 0. The fourth-order valence-corrected chi connectivity index (χ4v) is 2.74. The highest BCUT2D eigenvalue weighted by atomic mass is 16.6. The Hall–Kier alpha value is -2.46. The van der Waals surface area contributed by atoms with Crippen LogP contribution in [0.15, 0.2) is 26.5 Å². The SMILES string of the molecule is C=C(C)C(=O)OCCn1c(=O)n(CC2OC2C)c(=O)n(CC2OC2C)c1=O. The van der Waals surface area contributed by atoms with Gasteiger partial charge in [0, 0.05) is 5.57 Å². The molecule has 1 aromatic rings. The van der Waals surface area contributed by atoms with Gasteiger partial charge in [0.25, 0.3) is 0 Å². The summed E-state index contributed by atoms with van der Waals surface area (Å²) in [5.41, 5.74) is -1.98. The van der Waals surface area contributed by atoms with Gasteiger partial charge in [-0.3, -0.25) is 0 Å². The summed E-state index contributed by atoms with van der Waals surface area (Å²) in [4.78, 5) is 49.5. The minimum absolute atomic E-state index is 0.0477. The summed E-state index contributed by atoms with van der Waals surface area (Å²) in [6.07, 6.45) is -0.582. The summed E-state index contributed by atoms with van der Waals surface area (Å²) >= 11 is 0. The molecule has 4 atom stereocenters. The second-order valence-corrected chi connectivity index (χ2v) is 6.90. The van der Waals surface area contributed by atoms with Crippen molar-refractivity contribution in [3.05, 3.63) is 43.6 Å². The molecule has 148 valence electrons. The van der Waals surface area contributed by atoms with E-state index in [1.54, 1.807) is 0 Å². The Morgan fingerprint density at radius 1 is 0.963 bits per heavy atom. The van der Waals surface area contributed by atoms with Crippen molar-refractivity contribution in [1.82, 2.24) is 13.7 Å². The first-order chi connectivity index (χ1) is 12.7. The highest BCUT2D eigenvalue weighted by molar-refractivity contribution is 5.86. The van der Waals surface area contributed by atoms with Crippen molar-refractivity contribution in [2.45, 2.75) is 64.8 Å². The zero-order chi connectivity index (χ0) is 19.9.